The zero-order valence-corrected chi connectivity index (χ0v) is 10.9. The monoisotopic (exact) mass is 266 g/mol. The first-order valence-corrected chi connectivity index (χ1v) is 6.86. The van der Waals surface area contributed by atoms with Crippen molar-refractivity contribution in [1.29, 1.82) is 0 Å². The molecular weight excluding hydrogens is 252 g/mol. The van der Waals surface area contributed by atoms with Gasteiger partial charge in [0.25, 0.3) is 0 Å². The number of H-pyrrole nitrogens is 1. The smallest absolute Gasteiger partial charge is 0.242 e. The summed E-state index contributed by atoms with van der Waals surface area (Å²) in [6.07, 6.45) is 3.44. The van der Waals surface area contributed by atoms with Crippen molar-refractivity contribution >= 4 is 17.5 Å². The van der Waals surface area contributed by atoms with Crippen molar-refractivity contribution in [1.82, 2.24) is 4.98 Å². The molecule has 1 aromatic carbocycles. The quantitative estimate of drug-likeness (QED) is 0.805. The summed E-state index contributed by atoms with van der Waals surface area (Å²) in [5, 5.41) is 0. The summed E-state index contributed by atoms with van der Waals surface area (Å²) in [7, 11) is 0. The summed E-state index contributed by atoms with van der Waals surface area (Å²) in [6, 6.07) is 11.1. The van der Waals surface area contributed by atoms with Crippen LogP contribution in [-0.4, -0.2) is 16.8 Å². The van der Waals surface area contributed by atoms with Gasteiger partial charge in [-0.15, -0.1) is 0 Å². The molecule has 2 aromatic rings. The summed E-state index contributed by atoms with van der Waals surface area (Å²) in [6.45, 7) is 0. The fourth-order valence-electron chi connectivity index (χ4n) is 3.42. The van der Waals surface area contributed by atoms with Gasteiger partial charge in [-0.25, -0.2) is 4.90 Å². The van der Waals surface area contributed by atoms with E-state index in [0.29, 0.717) is 5.69 Å². The highest BCUT2D eigenvalue weighted by Gasteiger charge is 2.51. The molecule has 1 fully saturated rings. The van der Waals surface area contributed by atoms with Crippen molar-refractivity contribution in [2.75, 3.05) is 4.90 Å². The molecule has 100 valence electrons. The molecule has 1 N–H and O–H groups in total. The highest BCUT2D eigenvalue weighted by molar-refractivity contribution is 6.24. The summed E-state index contributed by atoms with van der Waals surface area (Å²) in [5.41, 5.74) is 2.77. The lowest BCUT2D eigenvalue weighted by molar-refractivity contribution is -0.122. The molecule has 1 aromatic heterocycles. The standard InChI is InChI=1S/C16H14N2O2/c19-15-12-6-7-13-11(8-9-17-13)14(12)16(20)18(15)10-4-2-1-3-5-10/h1-5,8-9,12,14,17H,6-7H2/t12-,14+/m0/s1. The molecule has 1 aliphatic heterocycles. The molecule has 2 amide bonds. The Morgan fingerprint density at radius 3 is 2.65 bits per heavy atom. The maximum atomic E-state index is 12.7. The third-order valence-corrected chi connectivity index (χ3v) is 4.35. The molecule has 1 aliphatic carbocycles. The van der Waals surface area contributed by atoms with E-state index in [1.54, 1.807) is 0 Å². The number of hydrogen-bond donors (Lipinski definition) is 1. The molecule has 0 radical (unpaired) electrons. The lowest BCUT2D eigenvalue weighted by Gasteiger charge is -2.21. The predicted octanol–water partition coefficient (Wildman–Crippen LogP) is 2.23. The van der Waals surface area contributed by atoms with Gasteiger partial charge in [-0.3, -0.25) is 9.59 Å². The van der Waals surface area contributed by atoms with Gasteiger partial charge in [0, 0.05) is 11.9 Å². The molecule has 2 aliphatic rings. The molecule has 4 rings (SSSR count). The molecule has 1 saturated heterocycles. The molecule has 2 heterocycles. The van der Waals surface area contributed by atoms with Gasteiger partial charge in [0.2, 0.25) is 11.8 Å². The molecule has 0 unspecified atom stereocenters. The van der Waals surface area contributed by atoms with E-state index in [-0.39, 0.29) is 23.7 Å². The van der Waals surface area contributed by atoms with Crippen LogP contribution in [0.25, 0.3) is 0 Å². The average Bonchev–Trinajstić information content (AvgIpc) is 3.03. The Balaban J connectivity index is 1.80. The van der Waals surface area contributed by atoms with E-state index in [2.05, 4.69) is 4.98 Å². The van der Waals surface area contributed by atoms with E-state index in [9.17, 15) is 9.59 Å². The first kappa shape index (κ1) is 11.5. The van der Waals surface area contributed by atoms with Crippen molar-refractivity contribution in [2.24, 2.45) is 5.92 Å². The van der Waals surface area contributed by atoms with Crippen molar-refractivity contribution in [2.45, 2.75) is 18.8 Å². The zero-order valence-electron chi connectivity index (χ0n) is 10.9. The number of imide groups is 1. The van der Waals surface area contributed by atoms with Crippen LogP contribution >= 0.6 is 0 Å². The number of anilines is 1. The minimum Gasteiger partial charge on any atom is -0.365 e. The number of carbonyl (C=O) groups excluding carboxylic acids is 2. The number of hydrogen-bond acceptors (Lipinski definition) is 2. The van der Waals surface area contributed by atoms with E-state index >= 15 is 0 Å². The lowest BCUT2D eigenvalue weighted by atomic mass is 9.79. The number of para-hydroxylation sites is 1. The molecule has 4 heteroatoms. The van der Waals surface area contributed by atoms with Gasteiger partial charge in [0.05, 0.1) is 17.5 Å². The first-order valence-electron chi connectivity index (χ1n) is 6.86. The predicted molar refractivity (Wildman–Crippen MR) is 74.3 cm³/mol. The second kappa shape index (κ2) is 4.07. The molecule has 0 spiro atoms. The Kier molecular flexibility index (Phi) is 2.33. The maximum absolute atomic E-state index is 12.7. The van der Waals surface area contributed by atoms with Gasteiger partial charge in [0.1, 0.15) is 0 Å². The fraction of sp³-hybridized carbons (Fsp3) is 0.250. The molecular formula is C16H14N2O2. The van der Waals surface area contributed by atoms with Crippen LogP contribution in [-0.2, 0) is 16.0 Å². The lowest BCUT2D eigenvalue weighted by Crippen LogP contribution is -2.30. The molecule has 2 atom stereocenters. The Labute approximate surface area is 116 Å². The average molecular weight is 266 g/mol. The zero-order chi connectivity index (χ0) is 13.7. The highest BCUT2D eigenvalue weighted by Crippen LogP contribution is 2.44. The van der Waals surface area contributed by atoms with Crippen LogP contribution in [0.3, 0.4) is 0 Å². The summed E-state index contributed by atoms with van der Waals surface area (Å²) in [5.74, 6) is -0.659. The number of nitrogens with one attached hydrogen (secondary N) is 1. The Morgan fingerprint density at radius 2 is 1.85 bits per heavy atom. The van der Waals surface area contributed by atoms with Crippen molar-refractivity contribution in [3.63, 3.8) is 0 Å². The molecule has 4 nitrogen and oxygen atoms in total. The number of aryl methyl sites for hydroxylation is 1. The van der Waals surface area contributed by atoms with Crippen molar-refractivity contribution < 1.29 is 9.59 Å². The largest absolute Gasteiger partial charge is 0.365 e. The highest BCUT2D eigenvalue weighted by atomic mass is 16.2. The Hall–Kier alpha value is -2.36. The van der Waals surface area contributed by atoms with Crippen molar-refractivity contribution in [3.05, 3.63) is 53.9 Å². The Bertz CT molecular complexity index is 690. The summed E-state index contributed by atoms with van der Waals surface area (Å²) < 4.78 is 0. The summed E-state index contributed by atoms with van der Waals surface area (Å²) >= 11 is 0. The number of aromatic amines is 1. The second-order valence-corrected chi connectivity index (χ2v) is 5.38. The normalized spacial score (nSPS) is 24.7. The van der Waals surface area contributed by atoms with E-state index in [0.717, 1.165) is 24.1 Å². The number of nitrogens with zero attached hydrogens (tertiary/aromatic N) is 1. The van der Waals surface area contributed by atoms with Crippen LogP contribution in [0, 0.1) is 5.92 Å². The number of fused-ring (bicyclic) bond motifs is 3. The van der Waals surface area contributed by atoms with E-state index < -0.39 is 0 Å². The van der Waals surface area contributed by atoms with E-state index in [1.165, 1.54) is 4.90 Å². The first-order chi connectivity index (χ1) is 9.77. The minimum absolute atomic E-state index is 0.0574. The minimum atomic E-state index is -0.308. The van der Waals surface area contributed by atoms with Gasteiger partial charge < -0.3 is 4.98 Å². The van der Waals surface area contributed by atoms with Gasteiger partial charge in [-0.1, -0.05) is 18.2 Å². The third-order valence-electron chi connectivity index (χ3n) is 4.35. The van der Waals surface area contributed by atoms with Crippen LogP contribution in [0.5, 0.6) is 0 Å². The number of amides is 2. The van der Waals surface area contributed by atoms with Crippen LogP contribution < -0.4 is 4.90 Å². The summed E-state index contributed by atoms with van der Waals surface area (Å²) in [4.78, 5) is 29.8. The van der Waals surface area contributed by atoms with Crippen molar-refractivity contribution in [3.8, 4) is 0 Å². The van der Waals surface area contributed by atoms with E-state index in [1.807, 2.05) is 42.6 Å². The van der Waals surface area contributed by atoms with Gasteiger partial charge >= 0.3 is 0 Å². The van der Waals surface area contributed by atoms with Gasteiger partial charge in [0.15, 0.2) is 0 Å². The Morgan fingerprint density at radius 1 is 1.05 bits per heavy atom. The second-order valence-electron chi connectivity index (χ2n) is 5.38. The van der Waals surface area contributed by atoms with Gasteiger partial charge in [-0.05, 0) is 36.6 Å². The van der Waals surface area contributed by atoms with Gasteiger partial charge in [-0.2, -0.15) is 0 Å². The third kappa shape index (κ3) is 1.42. The number of aromatic nitrogens is 1. The van der Waals surface area contributed by atoms with Crippen LogP contribution in [0.4, 0.5) is 5.69 Å². The number of benzene rings is 1. The fourth-order valence-corrected chi connectivity index (χ4v) is 3.42. The van der Waals surface area contributed by atoms with Crippen LogP contribution in [0.2, 0.25) is 0 Å². The number of carbonyl (C=O) groups is 2. The van der Waals surface area contributed by atoms with Crippen LogP contribution in [0.15, 0.2) is 42.6 Å². The maximum Gasteiger partial charge on any atom is 0.242 e. The van der Waals surface area contributed by atoms with Crippen LogP contribution in [0.1, 0.15) is 23.6 Å². The molecule has 0 bridgehead atoms. The topological polar surface area (TPSA) is 53.2 Å². The SMILES string of the molecule is O=C1[C@H]2CCc3[nH]ccc3[C@H]2C(=O)N1c1ccccc1. The molecule has 20 heavy (non-hydrogen) atoms. The van der Waals surface area contributed by atoms with E-state index in [4.69, 9.17) is 0 Å². The number of rotatable bonds is 1. The molecule has 0 saturated carbocycles.